The first-order chi connectivity index (χ1) is 14.1. The molecule has 0 aliphatic heterocycles. The predicted octanol–water partition coefficient (Wildman–Crippen LogP) is 2.41. The van der Waals surface area contributed by atoms with E-state index in [-0.39, 0.29) is 17.0 Å². The number of nitrogens with zero attached hydrogens (tertiary/aromatic N) is 5. The van der Waals surface area contributed by atoms with Gasteiger partial charge in [0.25, 0.3) is 5.56 Å². The van der Waals surface area contributed by atoms with E-state index in [1.807, 2.05) is 19.9 Å². The second-order valence-electron chi connectivity index (χ2n) is 8.22. The first-order valence-electron chi connectivity index (χ1n) is 9.64. The van der Waals surface area contributed by atoms with Crippen LogP contribution in [0.2, 0.25) is 0 Å². The average Bonchev–Trinajstić information content (AvgIpc) is 3.26. The Morgan fingerprint density at radius 3 is 2.70 bits per heavy atom. The molecule has 0 aliphatic rings. The second kappa shape index (κ2) is 8.02. The van der Waals surface area contributed by atoms with E-state index in [9.17, 15) is 14.9 Å². The highest BCUT2D eigenvalue weighted by atomic mass is 16.6. The number of hydrogen-bond donors (Lipinski definition) is 2. The minimum absolute atomic E-state index is 0.0694. The van der Waals surface area contributed by atoms with Gasteiger partial charge in [-0.15, -0.1) is 0 Å². The van der Waals surface area contributed by atoms with Gasteiger partial charge in [0.15, 0.2) is 5.65 Å². The van der Waals surface area contributed by atoms with Crippen molar-refractivity contribution < 1.29 is 9.53 Å². The van der Waals surface area contributed by atoms with Gasteiger partial charge in [-0.3, -0.25) is 9.48 Å². The maximum atomic E-state index is 12.9. The lowest BCUT2D eigenvalue weighted by Crippen LogP contribution is -2.34. The maximum Gasteiger partial charge on any atom is 0.407 e. The topological polar surface area (TPSA) is 130 Å². The molecule has 0 aromatic carbocycles. The van der Waals surface area contributed by atoms with Crippen LogP contribution in [0.1, 0.15) is 51.7 Å². The van der Waals surface area contributed by atoms with Gasteiger partial charge in [0, 0.05) is 23.9 Å². The van der Waals surface area contributed by atoms with Gasteiger partial charge >= 0.3 is 6.09 Å². The van der Waals surface area contributed by atoms with Crippen LogP contribution >= 0.6 is 0 Å². The quantitative estimate of drug-likeness (QED) is 0.663. The molecule has 0 atom stereocenters. The lowest BCUT2D eigenvalue weighted by Gasteiger charge is -2.19. The molecule has 1 amide bonds. The van der Waals surface area contributed by atoms with Gasteiger partial charge in [0.1, 0.15) is 17.2 Å². The van der Waals surface area contributed by atoms with Crippen molar-refractivity contribution in [3.8, 4) is 17.3 Å². The molecule has 0 bridgehead atoms. The summed E-state index contributed by atoms with van der Waals surface area (Å²) in [5.41, 5.74) is 1.68. The van der Waals surface area contributed by atoms with E-state index >= 15 is 0 Å². The molecule has 3 heterocycles. The third-order valence-electron chi connectivity index (χ3n) is 4.33. The molecule has 10 nitrogen and oxygen atoms in total. The number of nitriles is 1. The molecule has 3 aromatic heterocycles. The van der Waals surface area contributed by atoms with Crippen molar-refractivity contribution in [3.63, 3.8) is 0 Å². The van der Waals surface area contributed by atoms with Crippen LogP contribution in [0.15, 0.2) is 23.4 Å². The monoisotopic (exact) mass is 411 g/mol. The van der Waals surface area contributed by atoms with Crippen molar-refractivity contribution in [2.75, 3.05) is 6.54 Å². The van der Waals surface area contributed by atoms with Crippen molar-refractivity contribution in [1.29, 1.82) is 5.26 Å². The minimum Gasteiger partial charge on any atom is -0.444 e. The SMILES string of the molecule is CC(C)c1c(-c2cnn(CCNC(=O)OC(C)(C)C)c2)[nH]c2c(C#N)cnn2c1=O. The number of hydrogen-bond acceptors (Lipinski definition) is 6. The van der Waals surface area contributed by atoms with Crippen LogP contribution < -0.4 is 10.9 Å². The van der Waals surface area contributed by atoms with Gasteiger partial charge in [-0.2, -0.15) is 20.0 Å². The van der Waals surface area contributed by atoms with Crippen LogP contribution in [0.25, 0.3) is 16.9 Å². The van der Waals surface area contributed by atoms with Crippen LogP contribution in [-0.2, 0) is 11.3 Å². The fourth-order valence-electron chi connectivity index (χ4n) is 3.08. The molecular weight excluding hydrogens is 386 g/mol. The Hall–Kier alpha value is -3.61. The van der Waals surface area contributed by atoms with E-state index < -0.39 is 11.7 Å². The zero-order valence-corrected chi connectivity index (χ0v) is 17.7. The number of amides is 1. The fraction of sp³-hybridized carbons (Fsp3) is 0.450. The Labute approximate surface area is 173 Å². The summed E-state index contributed by atoms with van der Waals surface area (Å²) in [6, 6.07) is 2.04. The largest absolute Gasteiger partial charge is 0.444 e. The van der Waals surface area contributed by atoms with Gasteiger partial charge in [0.05, 0.1) is 24.6 Å². The molecule has 0 unspecified atom stereocenters. The first-order valence-corrected chi connectivity index (χ1v) is 9.64. The summed E-state index contributed by atoms with van der Waals surface area (Å²) in [4.78, 5) is 27.9. The van der Waals surface area contributed by atoms with Gasteiger partial charge in [-0.1, -0.05) is 13.8 Å². The highest BCUT2D eigenvalue weighted by Crippen LogP contribution is 2.25. The normalized spacial score (nSPS) is 11.6. The molecule has 0 radical (unpaired) electrons. The molecule has 30 heavy (non-hydrogen) atoms. The molecular formula is C20H25N7O3. The Morgan fingerprint density at radius 2 is 2.07 bits per heavy atom. The van der Waals surface area contributed by atoms with E-state index in [1.54, 1.807) is 37.8 Å². The van der Waals surface area contributed by atoms with E-state index in [4.69, 9.17) is 4.74 Å². The Kier molecular flexibility index (Phi) is 5.64. The van der Waals surface area contributed by atoms with Crippen LogP contribution in [0.3, 0.4) is 0 Å². The van der Waals surface area contributed by atoms with Crippen molar-refractivity contribution >= 4 is 11.7 Å². The molecule has 0 saturated carbocycles. The Balaban J connectivity index is 1.86. The minimum atomic E-state index is -0.559. The average molecular weight is 411 g/mol. The summed E-state index contributed by atoms with van der Waals surface area (Å²) in [6.07, 6.45) is 4.31. The third kappa shape index (κ3) is 4.35. The number of aromatic nitrogens is 5. The molecule has 0 spiro atoms. The zero-order valence-electron chi connectivity index (χ0n) is 17.7. The van der Waals surface area contributed by atoms with Crippen LogP contribution in [0.5, 0.6) is 0 Å². The molecule has 3 aromatic rings. The Bertz CT molecular complexity index is 1170. The number of carbonyl (C=O) groups excluding carboxylic acids is 1. The van der Waals surface area contributed by atoms with Crippen LogP contribution in [-0.4, -0.2) is 42.6 Å². The van der Waals surface area contributed by atoms with Crippen LogP contribution in [0, 0.1) is 11.3 Å². The molecule has 0 saturated heterocycles. The lowest BCUT2D eigenvalue weighted by molar-refractivity contribution is 0.0525. The lowest BCUT2D eigenvalue weighted by atomic mass is 10.00. The van der Waals surface area contributed by atoms with Gasteiger partial charge in [-0.05, 0) is 26.7 Å². The van der Waals surface area contributed by atoms with Gasteiger partial charge < -0.3 is 15.0 Å². The smallest absolute Gasteiger partial charge is 0.407 e. The van der Waals surface area contributed by atoms with Crippen LogP contribution in [0.4, 0.5) is 4.79 Å². The summed E-state index contributed by atoms with van der Waals surface area (Å²) in [5, 5.41) is 20.3. The third-order valence-corrected chi connectivity index (χ3v) is 4.33. The van der Waals surface area contributed by atoms with Crippen molar-refractivity contribution in [2.24, 2.45) is 0 Å². The number of alkyl carbamates (subject to hydrolysis) is 1. The molecule has 0 fully saturated rings. The standard InChI is InChI=1S/C20H25N7O3/c1-12(2)15-16(25-17-13(8-21)9-24-27(17)18(15)28)14-10-23-26(11-14)7-6-22-19(29)30-20(3,4)5/h9-12,25H,6-7H2,1-5H3,(H,22,29). The predicted molar refractivity (Wildman–Crippen MR) is 110 cm³/mol. The fourth-order valence-corrected chi connectivity index (χ4v) is 3.08. The maximum absolute atomic E-state index is 12.9. The number of aromatic amines is 1. The van der Waals surface area contributed by atoms with E-state index in [0.717, 1.165) is 0 Å². The number of rotatable bonds is 5. The summed E-state index contributed by atoms with van der Waals surface area (Å²) in [5.74, 6) is -0.0694. The molecule has 2 N–H and O–H groups in total. The van der Waals surface area contributed by atoms with E-state index in [0.29, 0.717) is 35.6 Å². The molecule has 3 rings (SSSR count). The number of nitrogens with one attached hydrogen (secondary N) is 2. The zero-order chi connectivity index (χ0) is 22.1. The van der Waals surface area contributed by atoms with Gasteiger partial charge in [-0.25, -0.2) is 4.79 Å². The molecule has 0 aliphatic carbocycles. The molecule has 158 valence electrons. The highest BCUT2D eigenvalue weighted by molar-refractivity contribution is 5.68. The van der Waals surface area contributed by atoms with Crippen molar-refractivity contribution in [2.45, 2.75) is 52.7 Å². The summed E-state index contributed by atoms with van der Waals surface area (Å²) < 4.78 is 8.09. The number of ether oxygens (including phenoxy) is 1. The highest BCUT2D eigenvalue weighted by Gasteiger charge is 2.20. The van der Waals surface area contributed by atoms with E-state index in [2.05, 4.69) is 20.5 Å². The van der Waals surface area contributed by atoms with Crippen molar-refractivity contribution in [3.05, 3.63) is 40.1 Å². The number of carbonyl (C=O) groups is 1. The van der Waals surface area contributed by atoms with E-state index in [1.165, 1.54) is 10.7 Å². The van der Waals surface area contributed by atoms with Crippen molar-refractivity contribution in [1.82, 2.24) is 29.7 Å². The summed E-state index contributed by atoms with van der Waals surface area (Å²) in [6.45, 7) is 10.0. The summed E-state index contributed by atoms with van der Waals surface area (Å²) >= 11 is 0. The number of fused-ring (bicyclic) bond motifs is 1. The molecule has 10 heteroatoms. The second-order valence-corrected chi connectivity index (χ2v) is 8.22. The van der Waals surface area contributed by atoms with Gasteiger partial charge in [0.2, 0.25) is 0 Å². The summed E-state index contributed by atoms with van der Waals surface area (Å²) in [7, 11) is 0. The Morgan fingerprint density at radius 1 is 1.33 bits per heavy atom. The first kappa shape index (κ1) is 21.1. The number of H-pyrrole nitrogens is 1.